The van der Waals surface area contributed by atoms with Gasteiger partial charge in [-0.3, -0.25) is 9.59 Å². The summed E-state index contributed by atoms with van der Waals surface area (Å²) in [5.41, 5.74) is 2.50. The summed E-state index contributed by atoms with van der Waals surface area (Å²) in [7, 11) is 0. The second-order valence-electron chi connectivity index (χ2n) is 5.93. The van der Waals surface area contributed by atoms with Gasteiger partial charge < -0.3 is 10.4 Å². The van der Waals surface area contributed by atoms with Crippen molar-refractivity contribution in [1.82, 2.24) is 5.32 Å². The number of aliphatic hydroxyl groups is 1. The van der Waals surface area contributed by atoms with E-state index in [0.29, 0.717) is 5.56 Å². The highest BCUT2D eigenvalue weighted by molar-refractivity contribution is 7.12. The number of carbonyl (C=O) groups is 2. The van der Waals surface area contributed by atoms with E-state index in [1.807, 2.05) is 51.1 Å². The Morgan fingerprint density at radius 3 is 2.50 bits per heavy atom. The number of ketones is 1. The highest BCUT2D eigenvalue weighted by atomic mass is 32.1. The van der Waals surface area contributed by atoms with Crippen LogP contribution in [0.1, 0.15) is 50.2 Å². The Bertz CT molecular complexity index is 736. The molecule has 1 amide bonds. The highest BCUT2D eigenvalue weighted by Crippen LogP contribution is 2.22. The molecule has 2 rings (SSSR count). The fourth-order valence-electron chi connectivity index (χ4n) is 2.64. The van der Waals surface area contributed by atoms with E-state index in [2.05, 4.69) is 5.32 Å². The van der Waals surface area contributed by atoms with Crippen LogP contribution >= 0.6 is 11.3 Å². The standard InChI is InChI=1S/C19H23NO3S/c1-12-6-4-5-7-15(12)18(22)11-20-19(23)9-8-17(21)16-10-13(2)24-14(16)3/h4-7,10,18,22H,8-9,11H2,1-3H3,(H,20,23). The largest absolute Gasteiger partial charge is 0.387 e. The van der Waals surface area contributed by atoms with Crippen LogP contribution in [0.2, 0.25) is 0 Å². The molecule has 1 heterocycles. The molecular weight excluding hydrogens is 322 g/mol. The lowest BCUT2D eigenvalue weighted by atomic mass is 10.0. The third kappa shape index (κ3) is 4.76. The first kappa shape index (κ1) is 18.4. The Morgan fingerprint density at radius 2 is 1.88 bits per heavy atom. The summed E-state index contributed by atoms with van der Waals surface area (Å²) < 4.78 is 0. The molecule has 0 aliphatic rings. The molecule has 2 aromatic rings. The quantitative estimate of drug-likeness (QED) is 0.755. The van der Waals surface area contributed by atoms with Crippen molar-refractivity contribution < 1.29 is 14.7 Å². The maximum atomic E-state index is 12.2. The Hall–Kier alpha value is -1.98. The molecule has 1 aromatic carbocycles. The molecule has 0 saturated heterocycles. The Labute approximate surface area is 146 Å². The fourth-order valence-corrected chi connectivity index (χ4v) is 3.58. The average Bonchev–Trinajstić information content (AvgIpc) is 2.89. The van der Waals surface area contributed by atoms with Gasteiger partial charge in [0, 0.05) is 34.7 Å². The normalized spacial score (nSPS) is 12.0. The molecule has 0 bridgehead atoms. The molecule has 0 aliphatic carbocycles. The average molecular weight is 345 g/mol. The summed E-state index contributed by atoms with van der Waals surface area (Å²) in [5, 5.41) is 12.9. The number of rotatable bonds is 7. The van der Waals surface area contributed by atoms with Crippen LogP contribution in [0, 0.1) is 20.8 Å². The van der Waals surface area contributed by atoms with Gasteiger partial charge in [0.25, 0.3) is 0 Å². The predicted octanol–water partition coefficient (Wildman–Crippen LogP) is 3.49. The first-order chi connectivity index (χ1) is 11.4. The first-order valence-corrected chi connectivity index (χ1v) is 8.80. The number of aryl methyl sites for hydroxylation is 3. The summed E-state index contributed by atoms with van der Waals surface area (Å²) in [6.07, 6.45) is -0.427. The summed E-state index contributed by atoms with van der Waals surface area (Å²) in [6, 6.07) is 9.41. The van der Waals surface area contributed by atoms with Crippen molar-refractivity contribution in [3.8, 4) is 0 Å². The molecule has 1 unspecified atom stereocenters. The van der Waals surface area contributed by atoms with Crippen molar-refractivity contribution in [3.63, 3.8) is 0 Å². The molecule has 4 nitrogen and oxygen atoms in total. The molecule has 0 saturated carbocycles. The zero-order chi connectivity index (χ0) is 17.7. The van der Waals surface area contributed by atoms with Crippen molar-refractivity contribution in [2.45, 2.75) is 39.7 Å². The Morgan fingerprint density at radius 1 is 1.17 bits per heavy atom. The van der Waals surface area contributed by atoms with Crippen molar-refractivity contribution in [1.29, 1.82) is 0 Å². The Balaban J connectivity index is 1.80. The summed E-state index contributed by atoms with van der Waals surface area (Å²) in [5.74, 6) is -0.230. The number of thiophene rings is 1. The smallest absolute Gasteiger partial charge is 0.220 e. The number of benzene rings is 1. The van der Waals surface area contributed by atoms with Crippen LogP contribution in [0.25, 0.3) is 0 Å². The van der Waals surface area contributed by atoms with E-state index in [1.54, 1.807) is 11.3 Å². The van der Waals surface area contributed by atoms with Gasteiger partial charge in [0.1, 0.15) is 0 Å². The minimum Gasteiger partial charge on any atom is -0.387 e. The molecule has 5 heteroatoms. The molecular formula is C19H23NO3S. The molecule has 128 valence electrons. The van der Waals surface area contributed by atoms with Gasteiger partial charge >= 0.3 is 0 Å². The molecule has 24 heavy (non-hydrogen) atoms. The monoisotopic (exact) mass is 345 g/mol. The minimum absolute atomic E-state index is 0.00791. The maximum Gasteiger partial charge on any atom is 0.220 e. The van der Waals surface area contributed by atoms with E-state index < -0.39 is 6.10 Å². The third-order valence-electron chi connectivity index (χ3n) is 3.96. The van der Waals surface area contributed by atoms with Crippen molar-refractivity contribution in [2.24, 2.45) is 0 Å². The number of amides is 1. The number of aliphatic hydroxyl groups excluding tert-OH is 1. The van der Waals surface area contributed by atoms with Gasteiger partial charge in [-0.15, -0.1) is 11.3 Å². The molecule has 1 atom stereocenters. The van der Waals surface area contributed by atoms with E-state index in [0.717, 1.165) is 20.9 Å². The fraction of sp³-hybridized carbons (Fsp3) is 0.368. The maximum absolute atomic E-state index is 12.2. The topological polar surface area (TPSA) is 66.4 Å². The van der Waals surface area contributed by atoms with E-state index in [1.165, 1.54) is 0 Å². The lowest BCUT2D eigenvalue weighted by molar-refractivity contribution is -0.121. The third-order valence-corrected chi connectivity index (χ3v) is 4.93. The predicted molar refractivity (Wildman–Crippen MR) is 96.5 cm³/mol. The number of carbonyl (C=O) groups excluding carboxylic acids is 2. The molecule has 0 aliphatic heterocycles. The van der Waals surface area contributed by atoms with Gasteiger partial charge in [-0.2, -0.15) is 0 Å². The van der Waals surface area contributed by atoms with Gasteiger partial charge in [0.05, 0.1) is 6.10 Å². The van der Waals surface area contributed by atoms with Crippen LogP contribution in [0.4, 0.5) is 0 Å². The second-order valence-corrected chi connectivity index (χ2v) is 7.39. The number of hydrogen-bond donors (Lipinski definition) is 2. The lowest BCUT2D eigenvalue weighted by Crippen LogP contribution is -2.28. The summed E-state index contributed by atoms with van der Waals surface area (Å²) >= 11 is 1.59. The molecule has 2 N–H and O–H groups in total. The van der Waals surface area contributed by atoms with E-state index in [-0.39, 0.29) is 31.1 Å². The summed E-state index contributed by atoms with van der Waals surface area (Å²) in [6.45, 7) is 5.95. The molecule has 0 fully saturated rings. The van der Waals surface area contributed by atoms with Crippen LogP contribution in [0.15, 0.2) is 30.3 Å². The molecule has 1 aromatic heterocycles. The zero-order valence-electron chi connectivity index (χ0n) is 14.3. The summed E-state index contributed by atoms with van der Waals surface area (Å²) in [4.78, 5) is 26.2. The van der Waals surface area contributed by atoms with Crippen molar-refractivity contribution in [3.05, 3.63) is 56.8 Å². The molecule has 0 radical (unpaired) electrons. The van der Waals surface area contributed by atoms with Crippen LogP contribution in [-0.2, 0) is 4.79 Å². The minimum atomic E-state index is -0.743. The van der Waals surface area contributed by atoms with Gasteiger partial charge in [0.15, 0.2) is 5.78 Å². The van der Waals surface area contributed by atoms with Crippen LogP contribution in [0.3, 0.4) is 0 Å². The van der Waals surface area contributed by atoms with Crippen LogP contribution in [0.5, 0.6) is 0 Å². The van der Waals surface area contributed by atoms with E-state index >= 15 is 0 Å². The van der Waals surface area contributed by atoms with Crippen molar-refractivity contribution >= 4 is 23.0 Å². The first-order valence-electron chi connectivity index (χ1n) is 7.99. The van der Waals surface area contributed by atoms with Gasteiger partial charge in [-0.1, -0.05) is 24.3 Å². The number of nitrogens with one attached hydrogen (secondary N) is 1. The Kier molecular flexibility index (Phi) is 6.29. The van der Waals surface area contributed by atoms with E-state index in [9.17, 15) is 14.7 Å². The number of hydrogen-bond acceptors (Lipinski definition) is 4. The molecule has 0 spiro atoms. The number of Topliss-reactive ketones (excluding diaryl/α,β-unsaturated/α-hetero) is 1. The van der Waals surface area contributed by atoms with Crippen LogP contribution in [-0.4, -0.2) is 23.3 Å². The second kappa shape index (κ2) is 8.22. The van der Waals surface area contributed by atoms with Crippen molar-refractivity contribution in [2.75, 3.05) is 6.54 Å². The van der Waals surface area contributed by atoms with Gasteiger partial charge in [-0.25, -0.2) is 0 Å². The van der Waals surface area contributed by atoms with Gasteiger partial charge in [0.2, 0.25) is 5.91 Å². The van der Waals surface area contributed by atoms with Gasteiger partial charge in [-0.05, 0) is 38.0 Å². The highest BCUT2D eigenvalue weighted by Gasteiger charge is 2.15. The van der Waals surface area contributed by atoms with E-state index in [4.69, 9.17) is 0 Å². The lowest BCUT2D eigenvalue weighted by Gasteiger charge is -2.14. The van der Waals surface area contributed by atoms with Crippen LogP contribution < -0.4 is 5.32 Å². The zero-order valence-corrected chi connectivity index (χ0v) is 15.1. The SMILES string of the molecule is Cc1cc(C(=O)CCC(=O)NCC(O)c2ccccc2C)c(C)s1.